The molecule has 0 fully saturated rings. The van der Waals surface area contributed by atoms with Crippen molar-refractivity contribution in [1.29, 1.82) is 0 Å². The van der Waals surface area contributed by atoms with Gasteiger partial charge in [-0.2, -0.15) is 0 Å². The highest BCUT2D eigenvalue weighted by molar-refractivity contribution is 5.92. The first kappa shape index (κ1) is 11.2. The molecule has 0 bridgehead atoms. The molecule has 0 unspecified atom stereocenters. The van der Waals surface area contributed by atoms with Crippen LogP contribution in [0.15, 0.2) is 11.6 Å². The van der Waals surface area contributed by atoms with Gasteiger partial charge in [-0.3, -0.25) is 10.2 Å². The lowest BCUT2D eigenvalue weighted by molar-refractivity contribution is -0.121. The maximum Gasteiger partial charge on any atom is 0.260 e. The lowest BCUT2D eigenvalue weighted by atomic mass is 10.2. The molecule has 1 N–H and O–H groups in total. The molecule has 0 radical (unpaired) electrons. The summed E-state index contributed by atoms with van der Waals surface area (Å²) in [6.07, 6.45) is 2.81. The SMILES string of the molecule is CCC=C(C)C(=O)NN(C)CC. The number of hydrogen-bond donors (Lipinski definition) is 1. The largest absolute Gasteiger partial charge is 0.285 e. The molecule has 0 aliphatic heterocycles. The van der Waals surface area contributed by atoms with Crippen molar-refractivity contribution in [3.8, 4) is 0 Å². The second kappa shape index (κ2) is 5.77. The van der Waals surface area contributed by atoms with Gasteiger partial charge < -0.3 is 0 Å². The molecular weight excluding hydrogens is 152 g/mol. The first-order valence-corrected chi connectivity index (χ1v) is 4.30. The average molecular weight is 170 g/mol. The number of amides is 1. The van der Waals surface area contributed by atoms with E-state index in [2.05, 4.69) is 5.43 Å². The topological polar surface area (TPSA) is 32.3 Å². The van der Waals surface area contributed by atoms with Crippen LogP contribution in [0, 0.1) is 0 Å². The molecule has 0 aliphatic carbocycles. The monoisotopic (exact) mass is 170 g/mol. The molecule has 0 saturated carbocycles. The molecule has 0 aromatic heterocycles. The highest BCUT2D eigenvalue weighted by Crippen LogP contribution is 1.94. The fourth-order valence-corrected chi connectivity index (χ4v) is 0.739. The number of nitrogens with zero attached hydrogens (tertiary/aromatic N) is 1. The Bertz CT molecular complexity index is 175. The van der Waals surface area contributed by atoms with E-state index in [1.165, 1.54) is 0 Å². The first-order valence-electron chi connectivity index (χ1n) is 4.30. The van der Waals surface area contributed by atoms with Crippen LogP contribution in [0.5, 0.6) is 0 Å². The van der Waals surface area contributed by atoms with E-state index >= 15 is 0 Å². The Kier molecular flexibility index (Phi) is 5.37. The zero-order valence-corrected chi connectivity index (χ0v) is 8.35. The predicted octanol–water partition coefficient (Wildman–Crippen LogP) is 1.33. The summed E-state index contributed by atoms with van der Waals surface area (Å²) in [5.41, 5.74) is 3.52. The number of hydrazine groups is 1. The van der Waals surface area contributed by atoms with Crippen LogP contribution in [-0.4, -0.2) is 24.5 Å². The number of hydrogen-bond acceptors (Lipinski definition) is 2. The van der Waals surface area contributed by atoms with Gasteiger partial charge in [-0.05, 0) is 13.3 Å². The van der Waals surface area contributed by atoms with Crippen molar-refractivity contribution in [3.63, 3.8) is 0 Å². The number of rotatable bonds is 4. The van der Waals surface area contributed by atoms with Crippen molar-refractivity contribution in [2.24, 2.45) is 0 Å². The van der Waals surface area contributed by atoms with Crippen molar-refractivity contribution >= 4 is 5.91 Å². The van der Waals surface area contributed by atoms with E-state index in [1.807, 2.05) is 33.9 Å². The molecule has 3 nitrogen and oxygen atoms in total. The van der Waals surface area contributed by atoms with Gasteiger partial charge in [-0.1, -0.05) is 19.9 Å². The molecule has 3 heteroatoms. The van der Waals surface area contributed by atoms with Crippen LogP contribution in [0.1, 0.15) is 27.2 Å². The summed E-state index contributed by atoms with van der Waals surface area (Å²) < 4.78 is 0. The number of allylic oxidation sites excluding steroid dienone is 1. The van der Waals surface area contributed by atoms with E-state index < -0.39 is 0 Å². The summed E-state index contributed by atoms with van der Waals surface area (Å²) in [5, 5.41) is 1.76. The summed E-state index contributed by atoms with van der Waals surface area (Å²) in [7, 11) is 1.84. The third-order valence-corrected chi connectivity index (χ3v) is 1.64. The van der Waals surface area contributed by atoms with Crippen LogP contribution in [0.2, 0.25) is 0 Å². The highest BCUT2D eigenvalue weighted by atomic mass is 16.2. The summed E-state index contributed by atoms with van der Waals surface area (Å²) in [4.78, 5) is 11.3. The lowest BCUT2D eigenvalue weighted by Crippen LogP contribution is -2.39. The summed E-state index contributed by atoms with van der Waals surface area (Å²) in [6.45, 7) is 6.63. The average Bonchev–Trinajstić information content (AvgIpc) is 2.04. The smallest absolute Gasteiger partial charge is 0.260 e. The molecular formula is C9H18N2O. The number of carbonyl (C=O) groups is 1. The highest BCUT2D eigenvalue weighted by Gasteiger charge is 2.03. The van der Waals surface area contributed by atoms with Crippen LogP contribution < -0.4 is 5.43 Å². The molecule has 0 saturated heterocycles. The van der Waals surface area contributed by atoms with Gasteiger partial charge in [-0.15, -0.1) is 0 Å². The van der Waals surface area contributed by atoms with Crippen LogP contribution in [0.25, 0.3) is 0 Å². The molecule has 1 amide bonds. The number of nitrogens with one attached hydrogen (secondary N) is 1. The van der Waals surface area contributed by atoms with Crippen molar-refractivity contribution in [1.82, 2.24) is 10.4 Å². The van der Waals surface area contributed by atoms with Gasteiger partial charge in [0.05, 0.1) is 0 Å². The van der Waals surface area contributed by atoms with Gasteiger partial charge in [0.15, 0.2) is 0 Å². The molecule has 12 heavy (non-hydrogen) atoms. The molecule has 0 atom stereocenters. The zero-order valence-electron chi connectivity index (χ0n) is 8.35. The molecule has 0 aromatic rings. The maximum absolute atomic E-state index is 11.3. The zero-order chi connectivity index (χ0) is 9.56. The standard InChI is InChI=1S/C9H18N2O/c1-5-7-8(3)9(12)10-11(4)6-2/h7H,5-6H2,1-4H3,(H,10,12). The summed E-state index contributed by atoms with van der Waals surface area (Å²) in [5.74, 6) is -0.0128. The Labute approximate surface area is 74.4 Å². The second-order valence-corrected chi connectivity index (χ2v) is 2.75. The van der Waals surface area contributed by atoms with Gasteiger partial charge in [-0.25, -0.2) is 5.01 Å². The summed E-state index contributed by atoms with van der Waals surface area (Å²) >= 11 is 0. The second-order valence-electron chi connectivity index (χ2n) is 2.75. The third kappa shape index (κ3) is 4.13. The fourth-order valence-electron chi connectivity index (χ4n) is 0.739. The van der Waals surface area contributed by atoms with Crippen LogP contribution in [0.4, 0.5) is 0 Å². The Hall–Kier alpha value is -0.830. The van der Waals surface area contributed by atoms with Crippen LogP contribution in [-0.2, 0) is 4.79 Å². The molecule has 0 aliphatic rings. The van der Waals surface area contributed by atoms with E-state index in [9.17, 15) is 4.79 Å². The maximum atomic E-state index is 11.3. The molecule has 70 valence electrons. The van der Waals surface area contributed by atoms with E-state index in [4.69, 9.17) is 0 Å². The Balaban J connectivity index is 3.95. The van der Waals surface area contributed by atoms with Gasteiger partial charge >= 0.3 is 0 Å². The first-order chi connectivity index (χ1) is 5.61. The van der Waals surface area contributed by atoms with Crippen molar-refractivity contribution < 1.29 is 4.79 Å². The van der Waals surface area contributed by atoms with Gasteiger partial charge in [0.2, 0.25) is 0 Å². The Morgan fingerprint density at radius 1 is 1.50 bits per heavy atom. The van der Waals surface area contributed by atoms with E-state index in [0.29, 0.717) is 0 Å². The quantitative estimate of drug-likeness (QED) is 0.510. The van der Waals surface area contributed by atoms with Crippen LogP contribution >= 0.6 is 0 Å². The minimum absolute atomic E-state index is 0.0128. The van der Waals surface area contributed by atoms with Gasteiger partial charge in [0, 0.05) is 19.2 Å². The normalized spacial score (nSPS) is 11.9. The molecule has 0 spiro atoms. The fraction of sp³-hybridized carbons (Fsp3) is 0.667. The van der Waals surface area contributed by atoms with Crippen molar-refractivity contribution in [2.75, 3.05) is 13.6 Å². The minimum atomic E-state index is -0.0128. The Morgan fingerprint density at radius 2 is 2.08 bits per heavy atom. The van der Waals surface area contributed by atoms with E-state index in [-0.39, 0.29) is 5.91 Å². The number of carbonyl (C=O) groups excluding carboxylic acids is 1. The van der Waals surface area contributed by atoms with Gasteiger partial charge in [0.25, 0.3) is 5.91 Å². The van der Waals surface area contributed by atoms with Crippen molar-refractivity contribution in [3.05, 3.63) is 11.6 Å². The third-order valence-electron chi connectivity index (χ3n) is 1.64. The van der Waals surface area contributed by atoms with E-state index in [0.717, 1.165) is 18.5 Å². The minimum Gasteiger partial charge on any atom is -0.285 e. The van der Waals surface area contributed by atoms with Crippen molar-refractivity contribution in [2.45, 2.75) is 27.2 Å². The lowest BCUT2D eigenvalue weighted by Gasteiger charge is -2.15. The predicted molar refractivity (Wildman–Crippen MR) is 50.5 cm³/mol. The van der Waals surface area contributed by atoms with E-state index in [1.54, 1.807) is 5.01 Å². The molecule has 0 aromatic carbocycles. The summed E-state index contributed by atoms with van der Waals surface area (Å²) in [6, 6.07) is 0. The molecule has 0 heterocycles. The van der Waals surface area contributed by atoms with Gasteiger partial charge in [0.1, 0.15) is 0 Å². The van der Waals surface area contributed by atoms with Crippen LogP contribution in [0.3, 0.4) is 0 Å². The Morgan fingerprint density at radius 3 is 2.50 bits per heavy atom. The molecule has 0 rings (SSSR count).